The summed E-state index contributed by atoms with van der Waals surface area (Å²) in [4.78, 5) is 16.8. The molecule has 1 heterocycles. The van der Waals surface area contributed by atoms with E-state index in [-0.39, 0.29) is 11.8 Å². The van der Waals surface area contributed by atoms with E-state index in [0.717, 1.165) is 5.75 Å². The highest BCUT2D eigenvalue weighted by Gasteiger charge is 2.13. The average molecular weight is 444 g/mol. The number of hydrogen-bond acceptors (Lipinski definition) is 6. The molecule has 2 aromatic carbocycles. The molecule has 0 unspecified atom stereocenters. The van der Waals surface area contributed by atoms with Crippen LogP contribution in [0.2, 0.25) is 5.02 Å². The molecular weight excluding hydrogens is 418 g/mol. The van der Waals surface area contributed by atoms with Gasteiger partial charge in [-0.25, -0.2) is 0 Å². The van der Waals surface area contributed by atoms with E-state index < -0.39 is 0 Å². The van der Waals surface area contributed by atoms with Gasteiger partial charge in [-0.2, -0.15) is 4.98 Å². The van der Waals surface area contributed by atoms with E-state index in [2.05, 4.69) is 15.5 Å². The summed E-state index contributed by atoms with van der Waals surface area (Å²) in [6.45, 7) is 6.52. The summed E-state index contributed by atoms with van der Waals surface area (Å²) < 4.78 is 16.6. The van der Waals surface area contributed by atoms with Gasteiger partial charge in [0.25, 0.3) is 0 Å². The Hall–Kier alpha value is -3.06. The zero-order valence-corrected chi connectivity index (χ0v) is 18.6. The highest BCUT2D eigenvalue weighted by molar-refractivity contribution is 6.31. The van der Waals surface area contributed by atoms with Gasteiger partial charge in [-0.15, -0.1) is 0 Å². The van der Waals surface area contributed by atoms with Crippen molar-refractivity contribution in [3.05, 3.63) is 59.2 Å². The van der Waals surface area contributed by atoms with Crippen molar-refractivity contribution in [3.8, 4) is 17.2 Å². The van der Waals surface area contributed by atoms with Crippen molar-refractivity contribution in [2.75, 3.05) is 11.9 Å². The van der Waals surface area contributed by atoms with Gasteiger partial charge in [-0.1, -0.05) is 30.6 Å². The lowest BCUT2D eigenvalue weighted by atomic mass is 10.2. The summed E-state index contributed by atoms with van der Waals surface area (Å²) in [5, 5.41) is 7.31. The number of carbonyl (C=O) groups excluding carboxylic acids is 1. The highest BCUT2D eigenvalue weighted by Crippen LogP contribution is 2.33. The largest absolute Gasteiger partial charge is 0.494 e. The summed E-state index contributed by atoms with van der Waals surface area (Å²) in [6.07, 6.45) is 1.42. The number of nitrogens with zero attached hydrogens (tertiary/aromatic N) is 2. The fourth-order valence-corrected chi connectivity index (χ4v) is 2.98. The van der Waals surface area contributed by atoms with Gasteiger partial charge in [-0.3, -0.25) is 4.79 Å². The highest BCUT2D eigenvalue weighted by atomic mass is 35.5. The lowest BCUT2D eigenvalue weighted by Crippen LogP contribution is -2.12. The van der Waals surface area contributed by atoms with Crippen LogP contribution in [-0.2, 0) is 11.2 Å². The van der Waals surface area contributed by atoms with E-state index >= 15 is 0 Å². The smallest absolute Gasteiger partial charge is 0.226 e. The number of carbonyl (C=O) groups is 1. The number of aromatic nitrogens is 2. The minimum absolute atomic E-state index is 0.151. The van der Waals surface area contributed by atoms with Crippen LogP contribution in [0, 0.1) is 0 Å². The quantitative estimate of drug-likeness (QED) is 0.413. The maximum Gasteiger partial charge on any atom is 0.226 e. The van der Waals surface area contributed by atoms with Crippen LogP contribution in [-0.4, -0.2) is 22.7 Å². The fourth-order valence-electron chi connectivity index (χ4n) is 2.80. The Morgan fingerprint density at radius 2 is 1.90 bits per heavy atom. The summed E-state index contributed by atoms with van der Waals surface area (Å²) in [5.74, 6) is 3.16. The van der Waals surface area contributed by atoms with Crippen molar-refractivity contribution in [2.45, 2.75) is 46.0 Å². The van der Waals surface area contributed by atoms with Gasteiger partial charge in [0, 0.05) is 23.8 Å². The number of benzene rings is 2. The van der Waals surface area contributed by atoms with Crippen LogP contribution >= 0.6 is 11.6 Å². The molecule has 7 nitrogen and oxygen atoms in total. The Morgan fingerprint density at radius 3 is 2.58 bits per heavy atom. The number of anilines is 1. The molecule has 164 valence electrons. The van der Waals surface area contributed by atoms with Crippen LogP contribution < -0.4 is 14.8 Å². The Morgan fingerprint density at radius 1 is 1.16 bits per heavy atom. The van der Waals surface area contributed by atoms with Gasteiger partial charge in [0.15, 0.2) is 11.6 Å². The zero-order chi connectivity index (χ0) is 22.2. The molecule has 0 saturated carbocycles. The summed E-state index contributed by atoms with van der Waals surface area (Å²) in [6, 6.07) is 12.4. The molecule has 0 radical (unpaired) electrons. The monoisotopic (exact) mass is 443 g/mol. The summed E-state index contributed by atoms with van der Waals surface area (Å²) in [7, 11) is 0. The minimum Gasteiger partial charge on any atom is -0.494 e. The molecule has 8 heteroatoms. The van der Waals surface area contributed by atoms with Gasteiger partial charge >= 0.3 is 0 Å². The Balaban J connectivity index is 1.58. The van der Waals surface area contributed by atoms with Crippen LogP contribution in [0.25, 0.3) is 0 Å². The van der Waals surface area contributed by atoms with Crippen LogP contribution in [0.5, 0.6) is 17.2 Å². The molecule has 0 atom stereocenters. The first-order valence-electron chi connectivity index (χ1n) is 10.3. The van der Waals surface area contributed by atoms with E-state index in [4.69, 9.17) is 25.6 Å². The first kappa shape index (κ1) is 22.6. The molecule has 0 saturated heterocycles. The summed E-state index contributed by atoms with van der Waals surface area (Å²) in [5.41, 5.74) is 0.506. The molecule has 1 aromatic heterocycles. The molecule has 0 aliphatic carbocycles. The molecule has 0 bridgehead atoms. The molecule has 1 amide bonds. The normalized spacial score (nSPS) is 10.9. The van der Waals surface area contributed by atoms with Crippen LogP contribution in [0.15, 0.2) is 47.0 Å². The van der Waals surface area contributed by atoms with Gasteiger partial charge in [-0.05, 0) is 55.8 Å². The maximum absolute atomic E-state index is 12.5. The minimum atomic E-state index is -0.151. The molecule has 3 rings (SSSR count). The van der Waals surface area contributed by atoms with E-state index in [1.54, 1.807) is 30.3 Å². The summed E-state index contributed by atoms with van der Waals surface area (Å²) >= 11 is 6.12. The standard InChI is InChI=1S/C23H26ClN3O4/c1-4-29-17-9-11-18(12-10-17)30-20-13-8-16(24)14-19(20)25-21(28)6-5-7-22-26-23(15(2)3)27-31-22/h8-15H,4-7H2,1-3H3,(H,25,28). The Labute approximate surface area is 186 Å². The van der Waals surface area contributed by atoms with Crippen molar-refractivity contribution in [3.63, 3.8) is 0 Å². The van der Waals surface area contributed by atoms with Crippen LogP contribution in [0.4, 0.5) is 5.69 Å². The van der Waals surface area contributed by atoms with Gasteiger partial charge in [0.2, 0.25) is 11.8 Å². The fraction of sp³-hybridized carbons (Fsp3) is 0.348. The lowest BCUT2D eigenvalue weighted by molar-refractivity contribution is -0.116. The molecule has 1 N–H and O–H groups in total. The number of aryl methyl sites for hydroxylation is 1. The number of amides is 1. The second-order valence-corrected chi connectivity index (χ2v) is 7.69. The van der Waals surface area contributed by atoms with Gasteiger partial charge < -0.3 is 19.3 Å². The van der Waals surface area contributed by atoms with E-state index in [9.17, 15) is 4.79 Å². The molecular formula is C23H26ClN3O4. The van der Waals surface area contributed by atoms with Crippen molar-refractivity contribution < 1.29 is 18.8 Å². The molecule has 0 aliphatic heterocycles. The van der Waals surface area contributed by atoms with Crippen LogP contribution in [0.3, 0.4) is 0 Å². The SMILES string of the molecule is CCOc1ccc(Oc2ccc(Cl)cc2NC(=O)CCCc2nc(C(C)C)no2)cc1. The Bertz CT molecular complexity index is 1000. The third-order valence-electron chi connectivity index (χ3n) is 4.37. The predicted molar refractivity (Wildman–Crippen MR) is 119 cm³/mol. The third kappa shape index (κ3) is 6.72. The number of halogens is 1. The van der Waals surface area contributed by atoms with Crippen molar-refractivity contribution in [2.24, 2.45) is 0 Å². The van der Waals surface area contributed by atoms with Crippen molar-refractivity contribution >= 4 is 23.2 Å². The van der Waals surface area contributed by atoms with Gasteiger partial charge in [0.05, 0.1) is 12.3 Å². The molecule has 0 aliphatic rings. The lowest BCUT2D eigenvalue weighted by Gasteiger charge is -2.13. The van der Waals surface area contributed by atoms with Gasteiger partial charge in [0.1, 0.15) is 11.5 Å². The molecule has 0 spiro atoms. The first-order chi connectivity index (χ1) is 14.9. The third-order valence-corrected chi connectivity index (χ3v) is 4.61. The maximum atomic E-state index is 12.5. The topological polar surface area (TPSA) is 86.5 Å². The van der Waals surface area contributed by atoms with E-state index in [1.165, 1.54) is 0 Å². The number of hydrogen-bond donors (Lipinski definition) is 1. The second-order valence-electron chi connectivity index (χ2n) is 7.25. The predicted octanol–water partition coefficient (Wildman–Crippen LogP) is 6.00. The van der Waals surface area contributed by atoms with Crippen molar-refractivity contribution in [1.29, 1.82) is 0 Å². The number of rotatable bonds is 10. The Kier molecular flexibility index (Phi) is 7.89. The van der Waals surface area contributed by atoms with E-state index in [0.29, 0.717) is 59.8 Å². The van der Waals surface area contributed by atoms with E-state index in [1.807, 2.05) is 32.9 Å². The molecule has 31 heavy (non-hydrogen) atoms. The second kappa shape index (κ2) is 10.8. The van der Waals surface area contributed by atoms with Crippen LogP contribution in [0.1, 0.15) is 51.2 Å². The average Bonchev–Trinajstić information content (AvgIpc) is 3.21. The first-order valence-corrected chi connectivity index (χ1v) is 10.6. The number of nitrogens with one attached hydrogen (secondary N) is 1. The molecule has 0 fully saturated rings. The zero-order valence-electron chi connectivity index (χ0n) is 17.9. The molecule has 3 aromatic rings. The van der Waals surface area contributed by atoms with Crippen molar-refractivity contribution in [1.82, 2.24) is 10.1 Å². The number of ether oxygens (including phenoxy) is 2.